The zero-order valence-electron chi connectivity index (χ0n) is 10.9. The molecule has 2 saturated heterocycles. The van der Waals surface area contributed by atoms with Gasteiger partial charge in [-0.15, -0.1) is 12.4 Å². The number of amides is 1. The molecule has 0 bridgehead atoms. The van der Waals surface area contributed by atoms with E-state index >= 15 is 0 Å². The molecule has 2 N–H and O–H groups in total. The number of aromatic nitrogens is 1. The van der Waals surface area contributed by atoms with Gasteiger partial charge in [0.25, 0.3) is 5.91 Å². The second-order valence-corrected chi connectivity index (χ2v) is 5.23. The van der Waals surface area contributed by atoms with Gasteiger partial charge in [-0.25, -0.2) is 4.98 Å². The number of nitrogens with zero attached hydrogens (tertiary/aromatic N) is 2. The van der Waals surface area contributed by atoms with E-state index in [-0.39, 0.29) is 24.1 Å². The Labute approximate surface area is 122 Å². The zero-order valence-corrected chi connectivity index (χ0v) is 11.7. The number of aromatic amines is 1. The third-order valence-electron chi connectivity index (χ3n) is 4.09. The summed E-state index contributed by atoms with van der Waals surface area (Å²) in [6, 6.07) is 2.82. The molecule has 0 aliphatic carbocycles. The Balaban J connectivity index is 0.00000147. The molecule has 2 fully saturated rings. The average Bonchev–Trinajstić information content (AvgIpc) is 3.06. The van der Waals surface area contributed by atoms with Crippen molar-refractivity contribution in [2.75, 3.05) is 26.2 Å². The Bertz CT molecular complexity index is 519. The molecule has 8 heteroatoms. The van der Waals surface area contributed by atoms with Gasteiger partial charge in [-0.05, 0) is 42.3 Å². The third-order valence-corrected chi connectivity index (χ3v) is 4.09. The standard InChI is InChI=1S/C12H16N4O3.ClH/c17-12(10-1-2-11(14-10)16(18)19)15-4-3-8-5-13-6-9(8)7-15;/h1-2,8-9,13-14H,3-7H2;1H. The van der Waals surface area contributed by atoms with Crippen LogP contribution in [0.15, 0.2) is 12.1 Å². The van der Waals surface area contributed by atoms with E-state index in [1.165, 1.54) is 12.1 Å². The SMILES string of the molecule is Cl.O=C(c1ccc([N+](=O)[O-])[nH]1)N1CCC2CNCC2C1. The van der Waals surface area contributed by atoms with Crippen molar-refractivity contribution in [1.29, 1.82) is 0 Å². The number of nitrogens with one attached hydrogen (secondary N) is 2. The molecular formula is C12H17ClN4O3. The maximum Gasteiger partial charge on any atom is 0.321 e. The van der Waals surface area contributed by atoms with Crippen molar-refractivity contribution in [3.8, 4) is 0 Å². The Morgan fingerprint density at radius 2 is 2.10 bits per heavy atom. The maximum absolute atomic E-state index is 12.3. The van der Waals surface area contributed by atoms with Crippen LogP contribution in [0.25, 0.3) is 0 Å². The van der Waals surface area contributed by atoms with Gasteiger partial charge in [0.05, 0.1) is 0 Å². The monoisotopic (exact) mass is 300 g/mol. The van der Waals surface area contributed by atoms with Crippen LogP contribution in [0.1, 0.15) is 16.9 Å². The lowest BCUT2D eigenvalue weighted by atomic mass is 9.88. The van der Waals surface area contributed by atoms with E-state index in [0.29, 0.717) is 17.5 Å². The molecule has 2 aliphatic rings. The average molecular weight is 301 g/mol. The number of hydrogen-bond donors (Lipinski definition) is 2. The fourth-order valence-electron chi connectivity index (χ4n) is 3.00. The first-order valence-electron chi connectivity index (χ1n) is 6.48. The quantitative estimate of drug-likeness (QED) is 0.630. The summed E-state index contributed by atoms with van der Waals surface area (Å²) < 4.78 is 0. The second-order valence-electron chi connectivity index (χ2n) is 5.23. The minimum Gasteiger partial charge on any atom is -0.358 e. The van der Waals surface area contributed by atoms with Gasteiger partial charge >= 0.3 is 5.82 Å². The van der Waals surface area contributed by atoms with Crippen molar-refractivity contribution < 1.29 is 9.72 Å². The summed E-state index contributed by atoms with van der Waals surface area (Å²) in [5.41, 5.74) is 0.302. The van der Waals surface area contributed by atoms with Gasteiger partial charge in [-0.3, -0.25) is 4.79 Å². The molecular weight excluding hydrogens is 284 g/mol. The van der Waals surface area contributed by atoms with Crippen LogP contribution in [0, 0.1) is 22.0 Å². The fourth-order valence-corrected chi connectivity index (χ4v) is 3.00. The number of fused-ring (bicyclic) bond motifs is 1. The van der Waals surface area contributed by atoms with E-state index < -0.39 is 4.92 Å². The topological polar surface area (TPSA) is 91.3 Å². The lowest BCUT2D eigenvalue weighted by molar-refractivity contribution is -0.389. The van der Waals surface area contributed by atoms with Gasteiger partial charge in [0, 0.05) is 19.2 Å². The molecule has 0 saturated carbocycles. The molecule has 1 aromatic rings. The van der Waals surface area contributed by atoms with Gasteiger partial charge < -0.3 is 20.3 Å². The molecule has 110 valence electrons. The first kappa shape index (κ1) is 14.8. The number of halogens is 1. The first-order valence-corrected chi connectivity index (χ1v) is 6.48. The lowest BCUT2D eigenvalue weighted by Gasteiger charge is -2.33. The van der Waals surface area contributed by atoms with Crippen molar-refractivity contribution in [3.63, 3.8) is 0 Å². The van der Waals surface area contributed by atoms with E-state index in [4.69, 9.17) is 0 Å². The van der Waals surface area contributed by atoms with Crippen LogP contribution in [-0.2, 0) is 0 Å². The number of carbonyl (C=O) groups excluding carboxylic acids is 1. The Morgan fingerprint density at radius 3 is 2.80 bits per heavy atom. The summed E-state index contributed by atoms with van der Waals surface area (Å²) in [6.45, 7) is 3.47. The molecule has 2 unspecified atom stereocenters. The van der Waals surface area contributed by atoms with E-state index in [1.807, 2.05) is 0 Å². The molecule has 7 nitrogen and oxygen atoms in total. The maximum atomic E-state index is 12.3. The Morgan fingerprint density at radius 1 is 1.35 bits per heavy atom. The number of rotatable bonds is 2. The molecule has 2 atom stereocenters. The molecule has 3 rings (SSSR count). The van der Waals surface area contributed by atoms with Gasteiger partial charge in [0.1, 0.15) is 0 Å². The molecule has 2 aliphatic heterocycles. The molecule has 20 heavy (non-hydrogen) atoms. The first-order chi connectivity index (χ1) is 9.15. The third kappa shape index (κ3) is 2.64. The molecule has 3 heterocycles. The fraction of sp³-hybridized carbons (Fsp3) is 0.583. The number of hydrogen-bond acceptors (Lipinski definition) is 4. The highest BCUT2D eigenvalue weighted by molar-refractivity contribution is 5.93. The lowest BCUT2D eigenvalue weighted by Crippen LogP contribution is -2.43. The number of piperidine rings is 1. The van der Waals surface area contributed by atoms with Crippen LogP contribution >= 0.6 is 12.4 Å². The highest BCUT2D eigenvalue weighted by atomic mass is 35.5. The van der Waals surface area contributed by atoms with Crippen molar-refractivity contribution in [2.24, 2.45) is 11.8 Å². The van der Waals surface area contributed by atoms with E-state index in [1.54, 1.807) is 4.90 Å². The Hall–Kier alpha value is -1.60. The summed E-state index contributed by atoms with van der Waals surface area (Å²) in [6.07, 6.45) is 1.01. The van der Waals surface area contributed by atoms with E-state index in [9.17, 15) is 14.9 Å². The van der Waals surface area contributed by atoms with Crippen molar-refractivity contribution in [3.05, 3.63) is 27.9 Å². The smallest absolute Gasteiger partial charge is 0.321 e. The van der Waals surface area contributed by atoms with Crippen molar-refractivity contribution in [1.82, 2.24) is 15.2 Å². The molecule has 1 aromatic heterocycles. The zero-order chi connectivity index (χ0) is 13.4. The van der Waals surface area contributed by atoms with Crippen LogP contribution in [0.4, 0.5) is 5.82 Å². The number of H-pyrrole nitrogens is 1. The molecule has 1 amide bonds. The summed E-state index contributed by atoms with van der Waals surface area (Å²) >= 11 is 0. The summed E-state index contributed by atoms with van der Waals surface area (Å²) in [7, 11) is 0. The van der Waals surface area contributed by atoms with Crippen molar-refractivity contribution >= 4 is 24.1 Å². The van der Waals surface area contributed by atoms with Gasteiger partial charge in [-0.2, -0.15) is 0 Å². The second kappa shape index (κ2) is 5.80. The van der Waals surface area contributed by atoms with Gasteiger partial charge in [0.15, 0.2) is 5.69 Å². The number of nitro groups is 1. The van der Waals surface area contributed by atoms with Crippen LogP contribution in [0.3, 0.4) is 0 Å². The number of likely N-dealkylation sites (tertiary alicyclic amines) is 1. The minimum atomic E-state index is -0.524. The predicted octanol–water partition coefficient (Wildman–Crippen LogP) is 1.03. The van der Waals surface area contributed by atoms with Gasteiger partial charge in [-0.1, -0.05) is 0 Å². The highest BCUT2D eigenvalue weighted by Crippen LogP contribution is 2.27. The van der Waals surface area contributed by atoms with Crippen LogP contribution in [0.5, 0.6) is 0 Å². The summed E-state index contributed by atoms with van der Waals surface area (Å²) in [4.78, 5) is 26.7. The number of carbonyl (C=O) groups is 1. The summed E-state index contributed by atoms with van der Waals surface area (Å²) in [5.74, 6) is 0.906. The molecule has 0 aromatic carbocycles. The molecule has 0 radical (unpaired) electrons. The highest BCUT2D eigenvalue weighted by Gasteiger charge is 2.35. The molecule has 0 spiro atoms. The normalized spacial score (nSPS) is 24.9. The predicted molar refractivity (Wildman–Crippen MR) is 75.1 cm³/mol. The minimum absolute atomic E-state index is 0. The van der Waals surface area contributed by atoms with E-state index in [0.717, 1.165) is 32.6 Å². The summed E-state index contributed by atoms with van der Waals surface area (Å²) in [5, 5.41) is 14.0. The van der Waals surface area contributed by atoms with Crippen molar-refractivity contribution in [2.45, 2.75) is 6.42 Å². The van der Waals surface area contributed by atoms with Crippen LogP contribution in [0.2, 0.25) is 0 Å². The van der Waals surface area contributed by atoms with Gasteiger partial charge in [0.2, 0.25) is 0 Å². The Kier molecular flexibility index (Phi) is 4.29. The van der Waals surface area contributed by atoms with E-state index in [2.05, 4.69) is 10.3 Å². The van der Waals surface area contributed by atoms with Crippen LogP contribution < -0.4 is 5.32 Å². The largest absolute Gasteiger partial charge is 0.358 e. The van der Waals surface area contributed by atoms with Crippen LogP contribution in [-0.4, -0.2) is 46.9 Å².